The number of thioether (sulfide) groups is 1. The molecular weight excluding hydrogens is 489 g/mol. The first-order valence-corrected chi connectivity index (χ1v) is 10.0. The van der Waals surface area contributed by atoms with Crippen LogP contribution in [0.4, 0.5) is 0 Å². The van der Waals surface area contributed by atoms with Gasteiger partial charge in [0, 0.05) is 11.4 Å². The van der Waals surface area contributed by atoms with Crippen LogP contribution in [-0.2, 0) is 17.8 Å². The van der Waals surface area contributed by atoms with E-state index in [-0.39, 0.29) is 24.0 Å². The van der Waals surface area contributed by atoms with E-state index in [1.165, 1.54) is 23.1 Å². The number of halogens is 1. The molecule has 0 radical (unpaired) electrons. The average molecular weight is 517 g/mol. The molecular formula is C20H28IN3O3S. The van der Waals surface area contributed by atoms with Gasteiger partial charge in [-0.2, -0.15) is 0 Å². The maximum Gasteiger partial charge on any atom is 0.341 e. The Kier molecular flexibility index (Phi) is 10.4. The van der Waals surface area contributed by atoms with Crippen LogP contribution in [0, 0.1) is 13.8 Å². The standard InChI is InChI=1S/C20H27N3O3S.HI/c1-6-21-20(22-11-15-8-7-13(2)9-18(15)27-5)23-12-16-10-17(14(3)26-16)19(24)25-4;/h7-10H,6,11-12H2,1-5H3,(H2,21,22,23);1H. The fourth-order valence-corrected chi connectivity index (χ4v) is 3.30. The van der Waals surface area contributed by atoms with Gasteiger partial charge in [0.05, 0.1) is 20.2 Å². The summed E-state index contributed by atoms with van der Waals surface area (Å²) >= 11 is 1.73. The average Bonchev–Trinajstić information content (AvgIpc) is 3.04. The lowest BCUT2D eigenvalue weighted by molar-refractivity contribution is 0.0599. The van der Waals surface area contributed by atoms with Crippen LogP contribution in [0.2, 0.25) is 0 Å². The third-order valence-corrected chi connectivity index (χ3v) is 4.82. The Labute approximate surface area is 187 Å². The highest BCUT2D eigenvalue weighted by molar-refractivity contribution is 14.0. The van der Waals surface area contributed by atoms with Crippen LogP contribution in [0.3, 0.4) is 0 Å². The molecule has 6 nitrogen and oxygen atoms in total. The third-order valence-electron chi connectivity index (χ3n) is 4.00. The monoisotopic (exact) mass is 517 g/mol. The number of nitrogens with one attached hydrogen (secondary N) is 2. The van der Waals surface area contributed by atoms with Crippen molar-refractivity contribution in [2.75, 3.05) is 19.9 Å². The molecule has 0 saturated heterocycles. The topological polar surface area (TPSA) is 75.9 Å². The second-order valence-corrected chi connectivity index (χ2v) is 6.89. The molecule has 0 amide bonds. The highest BCUT2D eigenvalue weighted by atomic mass is 127. The lowest BCUT2D eigenvalue weighted by Gasteiger charge is -2.11. The van der Waals surface area contributed by atoms with Crippen molar-refractivity contribution in [3.8, 4) is 0 Å². The number of carbonyl (C=O) groups is 1. The van der Waals surface area contributed by atoms with Crippen LogP contribution in [0.5, 0.6) is 0 Å². The molecule has 0 fully saturated rings. The van der Waals surface area contributed by atoms with E-state index in [0.717, 1.165) is 6.54 Å². The minimum Gasteiger partial charge on any atom is -0.465 e. The third kappa shape index (κ3) is 6.73. The van der Waals surface area contributed by atoms with Gasteiger partial charge in [0.2, 0.25) is 0 Å². The Balaban J connectivity index is 0.00000392. The van der Waals surface area contributed by atoms with Gasteiger partial charge >= 0.3 is 5.97 Å². The molecule has 0 aliphatic rings. The molecule has 0 unspecified atom stereocenters. The van der Waals surface area contributed by atoms with Crippen molar-refractivity contribution < 1.29 is 13.9 Å². The van der Waals surface area contributed by atoms with Crippen LogP contribution in [0.25, 0.3) is 0 Å². The van der Waals surface area contributed by atoms with Crippen LogP contribution in [0.1, 0.15) is 39.9 Å². The van der Waals surface area contributed by atoms with Gasteiger partial charge in [0.25, 0.3) is 0 Å². The number of hydrogen-bond donors (Lipinski definition) is 2. The van der Waals surface area contributed by atoms with E-state index in [2.05, 4.69) is 47.0 Å². The highest BCUT2D eigenvalue weighted by Crippen LogP contribution is 2.22. The SMILES string of the molecule is CCNC(=NCc1ccc(C)cc1SC)NCc1cc(C(=O)OC)c(C)o1.I. The summed E-state index contributed by atoms with van der Waals surface area (Å²) < 4.78 is 10.4. The second kappa shape index (κ2) is 12.0. The minimum absolute atomic E-state index is 0. The lowest BCUT2D eigenvalue weighted by Crippen LogP contribution is -2.36. The predicted octanol–water partition coefficient (Wildman–Crippen LogP) is 4.28. The molecule has 0 atom stereocenters. The number of hydrogen-bond acceptors (Lipinski definition) is 5. The van der Waals surface area contributed by atoms with Gasteiger partial charge < -0.3 is 19.8 Å². The Bertz CT molecular complexity index is 821. The molecule has 8 heteroatoms. The summed E-state index contributed by atoms with van der Waals surface area (Å²) in [6.07, 6.45) is 2.07. The predicted molar refractivity (Wildman–Crippen MR) is 125 cm³/mol. The summed E-state index contributed by atoms with van der Waals surface area (Å²) in [4.78, 5) is 17.6. The largest absolute Gasteiger partial charge is 0.465 e. The smallest absolute Gasteiger partial charge is 0.341 e. The van der Waals surface area contributed by atoms with Crippen molar-refractivity contribution in [2.45, 2.75) is 38.8 Å². The fraction of sp³-hybridized carbons (Fsp3) is 0.400. The number of esters is 1. The van der Waals surface area contributed by atoms with Gasteiger partial charge in [-0.25, -0.2) is 9.79 Å². The van der Waals surface area contributed by atoms with Crippen molar-refractivity contribution >= 4 is 47.7 Å². The van der Waals surface area contributed by atoms with Crippen LogP contribution in [0.15, 0.2) is 38.6 Å². The summed E-state index contributed by atoms with van der Waals surface area (Å²) in [5.74, 6) is 1.49. The fourth-order valence-electron chi connectivity index (χ4n) is 2.60. The van der Waals surface area contributed by atoms with Crippen LogP contribution < -0.4 is 10.6 Å². The quantitative estimate of drug-likeness (QED) is 0.188. The molecule has 1 heterocycles. The van der Waals surface area contributed by atoms with Gasteiger partial charge in [-0.3, -0.25) is 0 Å². The number of nitrogens with zero attached hydrogens (tertiary/aromatic N) is 1. The number of guanidine groups is 1. The molecule has 2 rings (SSSR count). The first-order valence-electron chi connectivity index (χ1n) is 8.81. The number of aryl methyl sites for hydroxylation is 2. The van der Waals surface area contributed by atoms with Gasteiger partial charge in [-0.05, 0) is 50.3 Å². The van der Waals surface area contributed by atoms with Crippen molar-refractivity contribution in [1.29, 1.82) is 0 Å². The van der Waals surface area contributed by atoms with E-state index < -0.39 is 5.97 Å². The second-order valence-electron chi connectivity index (χ2n) is 6.04. The van der Waals surface area contributed by atoms with Crippen molar-refractivity contribution in [1.82, 2.24) is 10.6 Å². The molecule has 0 bridgehead atoms. The molecule has 1 aromatic heterocycles. The molecule has 1 aromatic carbocycles. The van der Waals surface area contributed by atoms with Crippen LogP contribution >= 0.6 is 35.7 Å². The number of methoxy groups -OCH3 is 1. The molecule has 2 aromatic rings. The first kappa shape index (κ1) is 24.4. The maximum atomic E-state index is 11.7. The molecule has 154 valence electrons. The van der Waals surface area contributed by atoms with Gasteiger partial charge in [-0.15, -0.1) is 35.7 Å². The van der Waals surface area contributed by atoms with E-state index in [0.29, 0.717) is 36.1 Å². The summed E-state index contributed by atoms with van der Waals surface area (Å²) in [6, 6.07) is 8.09. The summed E-state index contributed by atoms with van der Waals surface area (Å²) in [5, 5.41) is 6.47. The summed E-state index contributed by atoms with van der Waals surface area (Å²) in [5.41, 5.74) is 2.87. The van der Waals surface area contributed by atoms with E-state index in [9.17, 15) is 4.79 Å². The molecule has 28 heavy (non-hydrogen) atoms. The molecule has 0 aliphatic heterocycles. The number of rotatable bonds is 7. The van der Waals surface area contributed by atoms with E-state index in [1.54, 1.807) is 24.8 Å². The first-order chi connectivity index (χ1) is 13.0. The Morgan fingerprint density at radius 3 is 2.64 bits per heavy atom. The lowest BCUT2D eigenvalue weighted by atomic mass is 10.1. The Hall–Kier alpha value is -1.68. The number of aliphatic imine (C=N–C) groups is 1. The molecule has 0 aliphatic carbocycles. The van der Waals surface area contributed by atoms with Crippen molar-refractivity contribution in [3.63, 3.8) is 0 Å². The highest BCUT2D eigenvalue weighted by Gasteiger charge is 2.15. The summed E-state index contributed by atoms with van der Waals surface area (Å²) in [6.45, 7) is 7.61. The van der Waals surface area contributed by atoms with Crippen molar-refractivity contribution in [2.24, 2.45) is 4.99 Å². The minimum atomic E-state index is -0.396. The van der Waals surface area contributed by atoms with Crippen molar-refractivity contribution in [3.05, 3.63) is 52.5 Å². The zero-order chi connectivity index (χ0) is 19.8. The zero-order valence-electron chi connectivity index (χ0n) is 16.9. The normalized spacial score (nSPS) is 11.0. The number of ether oxygens (including phenoxy) is 1. The van der Waals surface area contributed by atoms with E-state index in [1.807, 2.05) is 6.92 Å². The number of benzene rings is 1. The number of carbonyl (C=O) groups excluding carboxylic acids is 1. The molecule has 0 spiro atoms. The Morgan fingerprint density at radius 2 is 2.00 bits per heavy atom. The molecule has 0 saturated carbocycles. The van der Waals surface area contributed by atoms with E-state index >= 15 is 0 Å². The zero-order valence-corrected chi connectivity index (χ0v) is 20.1. The van der Waals surface area contributed by atoms with E-state index in [4.69, 9.17) is 9.15 Å². The summed E-state index contributed by atoms with van der Waals surface area (Å²) in [7, 11) is 1.36. The van der Waals surface area contributed by atoms with Gasteiger partial charge in [0.1, 0.15) is 17.1 Å². The van der Waals surface area contributed by atoms with Gasteiger partial charge in [0.15, 0.2) is 5.96 Å². The van der Waals surface area contributed by atoms with Crippen LogP contribution in [-0.4, -0.2) is 31.8 Å². The Morgan fingerprint density at radius 1 is 1.25 bits per heavy atom. The molecule has 2 N–H and O–H groups in total. The van der Waals surface area contributed by atoms with Gasteiger partial charge in [-0.1, -0.05) is 12.1 Å². The maximum absolute atomic E-state index is 11.7. The number of furan rings is 1.